The highest BCUT2D eigenvalue weighted by molar-refractivity contribution is 5.73. The Bertz CT molecular complexity index is 453. The van der Waals surface area contributed by atoms with Crippen LogP contribution in [0.4, 0.5) is 4.79 Å². The topological polar surface area (TPSA) is 68.5 Å². The van der Waals surface area contributed by atoms with Gasteiger partial charge in [0.05, 0.1) is 13.7 Å². The first-order valence-electron chi connectivity index (χ1n) is 5.44. The summed E-state index contributed by atoms with van der Waals surface area (Å²) in [7, 11) is 1.38. The van der Waals surface area contributed by atoms with Gasteiger partial charge in [-0.05, 0) is 12.8 Å². The summed E-state index contributed by atoms with van der Waals surface area (Å²) in [5.41, 5.74) is 0.870. The van der Waals surface area contributed by atoms with E-state index in [0.717, 1.165) is 5.57 Å². The van der Waals surface area contributed by atoms with Gasteiger partial charge < -0.3 is 14.2 Å². The Labute approximate surface area is 99.2 Å². The van der Waals surface area contributed by atoms with E-state index in [2.05, 4.69) is 10.1 Å². The Morgan fingerprint density at radius 3 is 3.00 bits per heavy atom. The molecule has 0 bridgehead atoms. The lowest BCUT2D eigenvalue weighted by molar-refractivity contribution is 0.123. The lowest BCUT2D eigenvalue weighted by Gasteiger charge is -2.28. The van der Waals surface area contributed by atoms with E-state index in [4.69, 9.17) is 9.26 Å². The zero-order valence-corrected chi connectivity index (χ0v) is 10.1. The third kappa shape index (κ3) is 2.46. The van der Waals surface area contributed by atoms with Crippen LogP contribution in [0.15, 0.2) is 10.6 Å². The quantitative estimate of drug-likeness (QED) is 0.740. The highest BCUT2D eigenvalue weighted by Crippen LogP contribution is 2.22. The van der Waals surface area contributed by atoms with E-state index in [9.17, 15) is 4.79 Å². The molecule has 1 aliphatic rings. The summed E-state index contributed by atoms with van der Waals surface area (Å²) >= 11 is 0. The van der Waals surface area contributed by atoms with Gasteiger partial charge in [0.1, 0.15) is 0 Å². The molecule has 6 nitrogen and oxygen atoms in total. The summed E-state index contributed by atoms with van der Waals surface area (Å²) in [5.74, 6) is 1.30. The van der Waals surface area contributed by atoms with Crippen molar-refractivity contribution in [3.63, 3.8) is 0 Å². The molecule has 0 fully saturated rings. The van der Waals surface area contributed by atoms with E-state index >= 15 is 0 Å². The van der Waals surface area contributed by atoms with Crippen LogP contribution >= 0.6 is 0 Å². The van der Waals surface area contributed by atoms with Crippen LogP contribution in [0.2, 0.25) is 0 Å². The molecule has 0 saturated carbocycles. The lowest BCUT2D eigenvalue weighted by atomic mass is 10.0. The highest BCUT2D eigenvalue weighted by atomic mass is 16.5. The van der Waals surface area contributed by atoms with Gasteiger partial charge in [-0.2, -0.15) is 4.98 Å². The maximum Gasteiger partial charge on any atom is 0.409 e. The molecule has 1 aromatic heterocycles. The molecule has 0 aromatic carbocycles. The van der Waals surface area contributed by atoms with Crippen molar-refractivity contribution in [2.75, 3.05) is 20.2 Å². The van der Waals surface area contributed by atoms with E-state index in [1.807, 2.05) is 13.0 Å². The molecule has 1 amide bonds. The summed E-state index contributed by atoms with van der Waals surface area (Å²) in [6.07, 6.45) is 1.71. The fourth-order valence-electron chi connectivity index (χ4n) is 1.90. The number of carbonyl (C=O) groups is 1. The highest BCUT2D eigenvalue weighted by Gasteiger charge is 2.25. The standard InChI is InChI=1S/C11H15N3O3/c1-7-4-9(10-12-8(2)13-17-10)6-14(5-7)11(15)16-3/h4,7H,5-6H2,1-3H3. The molecule has 1 unspecified atom stereocenters. The maximum atomic E-state index is 11.5. The van der Waals surface area contributed by atoms with Crippen LogP contribution in [0.1, 0.15) is 18.6 Å². The predicted octanol–water partition coefficient (Wildman–Crippen LogP) is 1.48. The number of nitrogens with zero attached hydrogens (tertiary/aromatic N) is 3. The van der Waals surface area contributed by atoms with E-state index in [1.165, 1.54) is 7.11 Å². The van der Waals surface area contributed by atoms with Crippen molar-refractivity contribution in [2.45, 2.75) is 13.8 Å². The van der Waals surface area contributed by atoms with Crippen LogP contribution in [-0.2, 0) is 4.74 Å². The van der Waals surface area contributed by atoms with Gasteiger partial charge in [0, 0.05) is 12.1 Å². The average molecular weight is 237 g/mol. The Balaban J connectivity index is 2.20. The SMILES string of the molecule is COC(=O)N1CC(c2nc(C)no2)=CC(C)C1. The molecule has 0 N–H and O–H groups in total. The second-order valence-corrected chi connectivity index (χ2v) is 4.17. The molecule has 0 saturated heterocycles. The molecule has 1 aliphatic heterocycles. The molecular formula is C11H15N3O3. The third-order valence-electron chi connectivity index (χ3n) is 2.59. The smallest absolute Gasteiger partial charge is 0.409 e. The molecule has 17 heavy (non-hydrogen) atoms. The number of aryl methyl sites for hydroxylation is 1. The van der Waals surface area contributed by atoms with E-state index in [1.54, 1.807) is 11.8 Å². The average Bonchev–Trinajstić information content (AvgIpc) is 2.74. The second kappa shape index (κ2) is 4.57. The summed E-state index contributed by atoms with van der Waals surface area (Å²) < 4.78 is 9.83. The Kier molecular flexibility index (Phi) is 3.12. The number of hydrogen-bond acceptors (Lipinski definition) is 5. The Morgan fingerprint density at radius 1 is 1.65 bits per heavy atom. The number of hydrogen-bond donors (Lipinski definition) is 0. The molecule has 92 valence electrons. The zero-order valence-electron chi connectivity index (χ0n) is 10.1. The number of amides is 1. The number of rotatable bonds is 1. The van der Waals surface area contributed by atoms with Gasteiger partial charge in [0.2, 0.25) is 0 Å². The first kappa shape index (κ1) is 11.6. The first-order chi connectivity index (χ1) is 8.10. The van der Waals surface area contributed by atoms with Crippen molar-refractivity contribution in [3.05, 3.63) is 17.8 Å². The number of methoxy groups -OCH3 is 1. The minimum atomic E-state index is -0.335. The number of carbonyl (C=O) groups excluding carboxylic acids is 1. The molecule has 2 rings (SSSR count). The first-order valence-corrected chi connectivity index (χ1v) is 5.44. The van der Waals surface area contributed by atoms with Crippen molar-refractivity contribution >= 4 is 11.7 Å². The van der Waals surface area contributed by atoms with Crippen LogP contribution in [0, 0.1) is 12.8 Å². The minimum absolute atomic E-state index is 0.241. The molecule has 0 radical (unpaired) electrons. The fourth-order valence-corrected chi connectivity index (χ4v) is 1.90. The van der Waals surface area contributed by atoms with Crippen LogP contribution in [-0.4, -0.2) is 41.3 Å². The van der Waals surface area contributed by atoms with Gasteiger partial charge >= 0.3 is 6.09 Å². The van der Waals surface area contributed by atoms with Crippen molar-refractivity contribution in [3.8, 4) is 0 Å². The minimum Gasteiger partial charge on any atom is -0.453 e. The van der Waals surface area contributed by atoms with Crippen LogP contribution in [0.25, 0.3) is 5.57 Å². The molecule has 2 heterocycles. The van der Waals surface area contributed by atoms with Crippen LogP contribution in [0.5, 0.6) is 0 Å². The van der Waals surface area contributed by atoms with Gasteiger partial charge in [-0.15, -0.1) is 0 Å². The number of ether oxygens (including phenoxy) is 1. The zero-order chi connectivity index (χ0) is 12.4. The summed E-state index contributed by atoms with van der Waals surface area (Å²) in [6.45, 7) is 4.87. The Hall–Kier alpha value is -1.85. The summed E-state index contributed by atoms with van der Waals surface area (Å²) in [4.78, 5) is 17.3. The van der Waals surface area contributed by atoms with E-state index in [0.29, 0.717) is 24.8 Å². The molecule has 1 atom stereocenters. The molecule has 1 aromatic rings. The molecule has 6 heteroatoms. The van der Waals surface area contributed by atoms with Gasteiger partial charge in [0.15, 0.2) is 5.82 Å². The Morgan fingerprint density at radius 2 is 2.41 bits per heavy atom. The maximum absolute atomic E-state index is 11.5. The van der Waals surface area contributed by atoms with E-state index < -0.39 is 0 Å². The van der Waals surface area contributed by atoms with Gasteiger partial charge in [-0.3, -0.25) is 0 Å². The molecular weight excluding hydrogens is 222 g/mol. The summed E-state index contributed by atoms with van der Waals surface area (Å²) in [6, 6.07) is 0. The van der Waals surface area contributed by atoms with Gasteiger partial charge in [-0.25, -0.2) is 4.79 Å². The van der Waals surface area contributed by atoms with Crippen molar-refractivity contribution in [1.82, 2.24) is 15.0 Å². The van der Waals surface area contributed by atoms with Crippen molar-refractivity contribution < 1.29 is 14.1 Å². The van der Waals surface area contributed by atoms with Crippen LogP contribution in [0.3, 0.4) is 0 Å². The molecule has 0 aliphatic carbocycles. The van der Waals surface area contributed by atoms with Gasteiger partial charge in [0.25, 0.3) is 5.89 Å². The third-order valence-corrected chi connectivity index (χ3v) is 2.59. The number of aromatic nitrogens is 2. The predicted molar refractivity (Wildman–Crippen MR) is 60.2 cm³/mol. The largest absolute Gasteiger partial charge is 0.453 e. The monoisotopic (exact) mass is 237 g/mol. The fraction of sp³-hybridized carbons (Fsp3) is 0.545. The van der Waals surface area contributed by atoms with Crippen LogP contribution < -0.4 is 0 Å². The van der Waals surface area contributed by atoms with Gasteiger partial charge in [-0.1, -0.05) is 18.2 Å². The molecule has 0 spiro atoms. The second-order valence-electron chi connectivity index (χ2n) is 4.17. The van der Waals surface area contributed by atoms with Crippen molar-refractivity contribution in [1.29, 1.82) is 0 Å². The summed E-state index contributed by atoms with van der Waals surface area (Å²) in [5, 5.41) is 3.75. The van der Waals surface area contributed by atoms with E-state index in [-0.39, 0.29) is 12.0 Å². The normalized spacial score (nSPS) is 20.1. The van der Waals surface area contributed by atoms with Crippen molar-refractivity contribution in [2.24, 2.45) is 5.92 Å². The lowest BCUT2D eigenvalue weighted by Crippen LogP contribution is -2.38.